The van der Waals surface area contributed by atoms with Crippen LogP contribution in [-0.2, 0) is 9.59 Å². The van der Waals surface area contributed by atoms with Crippen LogP contribution in [0.1, 0.15) is 52.1 Å². The Labute approximate surface area is 197 Å². The Morgan fingerprint density at radius 3 is 2.33 bits per heavy atom. The van der Waals surface area contributed by atoms with E-state index in [1.165, 1.54) is 4.90 Å². The summed E-state index contributed by atoms with van der Waals surface area (Å²) in [4.78, 5) is 28.2. The van der Waals surface area contributed by atoms with Gasteiger partial charge in [0.05, 0.1) is 5.69 Å². The third kappa shape index (κ3) is 6.75. The predicted octanol–water partition coefficient (Wildman–Crippen LogP) is 5.74. The maximum absolute atomic E-state index is 13.4. The van der Waals surface area contributed by atoms with Gasteiger partial charge in [0.15, 0.2) is 0 Å². The largest absolute Gasteiger partial charge is 0.349 e. The molecule has 0 aromatic heterocycles. The molecule has 30 heavy (non-hydrogen) atoms. The zero-order valence-corrected chi connectivity index (χ0v) is 20.5. The zero-order chi connectivity index (χ0) is 22.3. The molecule has 0 aliphatic carbocycles. The molecule has 6 heteroatoms. The van der Waals surface area contributed by atoms with E-state index in [0.29, 0.717) is 22.7 Å². The number of carbonyl (C=O) groups excluding carboxylic acids is 2. The van der Waals surface area contributed by atoms with Crippen molar-refractivity contribution in [2.24, 2.45) is 0 Å². The van der Waals surface area contributed by atoms with Crippen LogP contribution in [0.3, 0.4) is 0 Å². The maximum Gasteiger partial charge on any atom is 0.303 e. The highest BCUT2D eigenvalue weighted by Crippen LogP contribution is 2.32. The van der Waals surface area contributed by atoms with Crippen LogP contribution in [0.2, 0.25) is 5.02 Å². The van der Waals surface area contributed by atoms with E-state index >= 15 is 0 Å². The second-order valence-corrected chi connectivity index (χ2v) is 9.47. The van der Waals surface area contributed by atoms with Gasteiger partial charge >= 0.3 is 5.91 Å². The third-order valence-corrected chi connectivity index (χ3v) is 5.26. The van der Waals surface area contributed by atoms with Gasteiger partial charge in [-0.05, 0) is 85.5 Å². The van der Waals surface area contributed by atoms with Crippen LogP contribution in [0.5, 0.6) is 0 Å². The lowest BCUT2D eigenvalue weighted by molar-refractivity contribution is -0.126. The standard InChI is InChI=1S/C24H26ClIN2O2/c1-5-6-7-12-21(29)28(20-11-9-8-10-19(20)26)22(23(30)27-24(2,3)4)17-13-15-18(25)16-14-17/h8-11,13-16,22H,5-6H2,1-4H3,(H,27,30). The molecule has 0 saturated carbocycles. The summed E-state index contributed by atoms with van der Waals surface area (Å²) in [5, 5.41) is 3.57. The lowest BCUT2D eigenvalue weighted by Crippen LogP contribution is -2.49. The number of anilines is 1. The molecule has 4 nitrogen and oxygen atoms in total. The highest BCUT2D eigenvalue weighted by Gasteiger charge is 2.34. The molecule has 158 valence electrons. The van der Waals surface area contributed by atoms with Crippen LogP contribution in [0.25, 0.3) is 0 Å². The number of amides is 2. The SMILES string of the molecule is CCCC#CC(=O)N(c1ccccc1I)C(C(=O)NC(C)(C)C)c1ccc(Cl)cc1. The van der Waals surface area contributed by atoms with Gasteiger partial charge in [-0.15, -0.1) is 0 Å². The van der Waals surface area contributed by atoms with Crippen molar-refractivity contribution in [3.8, 4) is 11.8 Å². The molecule has 0 aliphatic heterocycles. The lowest BCUT2D eigenvalue weighted by Gasteiger charge is -2.33. The Hall–Kier alpha value is -2.04. The average Bonchev–Trinajstić information content (AvgIpc) is 2.66. The molecule has 0 heterocycles. The van der Waals surface area contributed by atoms with Crippen molar-refractivity contribution < 1.29 is 9.59 Å². The smallest absolute Gasteiger partial charge is 0.303 e. The van der Waals surface area contributed by atoms with Crippen LogP contribution >= 0.6 is 34.2 Å². The van der Waals surface area contributed by atoms with Crippen molar-refractivity contribution in [3.05, 3.63) is 62.7 Å². The number of nitrogens with one attached hydrogen (secondary N) is 1. The Kier molecular flexibility index (Phi) is 8.75. The first-order chi connectivity index (χ1) is 14.1. The molecule has 1 atom stereocenters. The Balaban J connectivity index is 2.66. The van der Waals surface area contributed by atoms with E-state index in [4.69, 9.17) is 11.6 Å². The van der Waals surface area contributed by atoms with Crippen molar-refractivity contribution in [3.63, 3.8) is 0 Å². The predicted molar refractivity (Wildman–Crippen MR) is 131 cm³/mol. The molecule has 2 aromatic carbocycles. The highest BCUT2D eigenvalue weighted by molar-refractivity contribution is 14.1. The number of unbranched alkanes of at least 4 members (excludes halogenated alkanes) is 1. The normalized spacial score (nSPS) is 11.8. The molecule has 0 radical (unpaired) electrons. The van der Waals surface area contributed by atoms with Gasteiger partial charge in [-0.1, -0.05) is 48.7 Å². The molecule has 0 spiro atoms. The minimum absolute atomic E-state index is 0.282. The van der Waals surface area contributed by atoms with Gasteiger partial charge in [0.25, 0.3) is 0 Å². The van der Waals surface area contributed by atoms with Gasteiger partial charge in [0.2, 0.25) is 5.91 Å². The van der Waals surface area contributed by atoms with E-state index in [0.717, 1.165) is 9.99 Å². The number of benzene rings is 2. The van der Waals surface area contributed by atoms with Crippen LogP contribution in [0.15, 0.2) is 48.5 Å². The van der Waals surface area contributed by atoms with Gasteiger partial charge in [-0.2, -0.15) is 0 Å². The second kappa shape index (κ2) is 10.8. The quantitative estimate of drug-likeness (QED) is 0.392. The summed E-state index contributed by atoms with van der Waals surface area (Å²) in [6.07, 6.45) is 1.47. The van der Waals surface area contributed by atoms with Crippen molar-refractivity contribution in [2.75, 3.05) is 4.90 Å². The van der Waals surface area contributed by atoms with Gasteiger partial charge in [-0.3, -0.25) is 14.5 Å². The molecule has 2 rings (SSSR count). The van der Waals surface area contributed by atoms with E-state index in [1.807, 2.05) is 52.0 Å². The van der Waals surface area contributed by atoms with Gasteiger partial charge in [-0.25, -0.2) is 0 Å². The molecular formula is C24H26ClIN2O2. The van der Waals surface area contributed by atoms with Gasteiger partial charge in [0, 0.05) is 20.6 Å². The van der Waals surface area contributed by atoms with Crippen LogP contribution in [0, 0.1) is 15.4 Å². The van der Waals surface area contributed by atoms with E-state index in [1.54, 1.807) is 24.3 Å². The summed E-state index contributed by atoms with van der Waals surface area (Å²) < 4.78 is 0.850. The van der Waals surface area contributed by atoms with E-state index < -0.39 is 17.5 Å². The monoisotopic (exact) mass is 536 g/mol. The van der Waals surface area contributed by atoms with Crippen molar-refractivity contribution >= 4 is 51.7 Å². The zero-order valence-electron chi connectivity index (χ0n) is 17.6. The Morgan fingerprint density at radius 1 is 1.13 bits per heavy atom. The number of carbonyl (C=O) groups is 2. The molecule has 0 aliphatic rings. The van der Waals surface area contributed by atoms with Crippen LogP contribution in [0.4, 0.5) is 5.69 Å². The number of halogens is 2. The number of hydrogen-bond acceptors (Lipinski definition) is 2. The fourth-order valence-corrected chi connectivity index (χ4v) is 3.61. The average molecular weight is 537 g/mol. The van der Waals surface area contributed by atoms with Gasteiger partial charge < -0.3 is 5.32 Å². The molecule has 0 bridgehead atoms. The molecule has 0 fully saturated rings. The first-order valence-corrected chi connectivity index (χ1v) is 11.2. The maximum atomic E-state index is 13.4. The third-order valence-electron chi connectivity index (χ3n) is 4.09. The van der Waals surface area contributed by atoms with Crippen LogP contribution < -0.4 is 10.2 Å². The number of para-hydroxylation sites is 1. The molecule has 2 aromatic rings. The highest BCUT2D eigenvalue weighted by atomic mass is 127. The fraction of sp³-hybridized carbons (Fsp3) is 0.333. The van der Waals surface area contributed by atoms with Crippen LogP contribution in [-0.4, -0.2) is 17.4 Å². The fourth-order valence-electron chi connectivity index (χ4n) is 2.84. The molecule has 1 unspecified atom stereocenters. The van der Waals surface area contributed by atoms with Gasteiger partial charge in [0.1, 0.15) is 6.04 Å². The van der Waals surface area contributed by atoms with E-state index in [-0.39, 0.29) is 5.91 Å². The molecule has 0 saturated heterocycles. The lowest BCUT2D eigenvalue weighted by atomic mass is 10.0. The first-order valence-electron chi connectivity index (χ1n) is 9.78. The molecular weight excluding hydrogens is 511 g/mol. The summed E-state index contributed by atoms with van der Waals surface area (Å²) in [5.74, 6) is 4.92. The summed E-state index contributed by atoms with van der Waals surface area (Å²) in [6.45, 7) is 7.72. The van der Waals surface area contributed by atoms with E-state index in [2.05, 4.69) is 39.7 Å². The second-order valence-electron chi connectivity index (χ2n) is 7.87. The molecule has 2 amide bonds. The van der Waals surface area contributed by atoms with Crippen molar-refractivity contribution in [1.82, 2.24) is 5.32 Å². The van der Waals surface area contributed by atoms with Crippen molar-refractivity contribution in [1.29, 1.82) is 0 Å². The summed E-state index contributed by atoms with van der Waals surface area (Å²) >= 11 is 8.24. The van der Waals surface area contributed by atoms with E-state index in [9.17, 15) is 9.59 Å². The topological polar surface area (TPSA) is 49.4 Å². The first kappa shape index (κ1) is 24.2. The minimum Gasteiger partial charge on any atom is -0.349 e. The Bertz CT molecular complexity index is 956. The Morgan fingerprint density at radius 2 is 1.77 bits per heavy atom. The summed E-state index contributed by atoms with van der Waals surface area (Å²) in [7, 11) is 0. The number of hydrogen-bond donors (Lipinski definition) is 1. The summed E-state index contributed by atoms with van der Waals surface area (Å²) in [6, 6.07) is 13.5. The number of rotatable bonds is 5. The summed E-state index contributed by atoms with van der Waals surface area (Å²) in [5.41, 5.74) is 0.832. The molecule has 1 N–H and O–H groups in total. The minimum atomic E-state index is -0.888. The van der Waals surface area contributed by atoms with Crippen molar-refractivity contribution in [2.45, 2.75) is 52.1 Å². The number of nitrogens with zero attached hydrogens (tertiary/aromatic N) is 1.